The summed E-state index contributed by atoms with van der Waals surface area (Å²) < 4.78 is 10.5. The maximum atomic E-state index is 12.3. The Balaban J connectivity index is 1.76. The number of nitrogens with one attached hydrogen (secondary N) is 1. The van der Waals surface area contributed by atoms with Gasteiger partial charge in [-0.2, -0.15) is 0 Å². The fraction of sp³-hybridized carbons (Fsp3) is 0.235. The molecule has 0 aliphatic carbocycles. The van der Waals surface area contributed by atoms with E-state index in [2.05, 4.69) is 12.2 Å². The summed E-state index contributed by atoms with van der Waals surface area (Å²) in [6.07, 6.45) is 2.13. The third kappa shape index (κ3) is 3.02. The number of fused-ring (bicyclic) bond motifs is 1. The molecule has 114 valence electrons. The smallest absolute Gasteiger partial charge is 0.255 e. The zero-order chi connectivity index (χ0) is 15.5. The molecule has 4 nitrogen and oxygen atoms in total. The van der Waals surface area contributed by atoms with Gasteiger partial charge in [0, 0.05) is 11.3 Å². The van der Waals surface area contributed by atoms with Crippen molar-refractivity contribution in [2.24, 2.45) is 0 Å². The van der Waals surface area contributed by atoms with Crippen LogP contribution in [0.1, 0.15) is 29.3 Å². The molecule has 1 heterocycles. The topological polar surface area (TPSA) is 47.6 Å². The van der Waals surface area contributed by atoms with Gasteiger partial charge in [0.25, 0.3) is 5.91 Å². The Bertz CT molecular complexity index is 698. The van der Waals surface area contributed by atoms with E-state index in [1.165, 1.54) is 5.56 Å². The van der Waals surface area contributed by atoms with Gasteiger partial charge in [-0.3, -0.25) is 4.79 Å². The van der Waals surface area contributed by atoms with Crippen molar-refractivity contribution < 1.29 is 14.3 Å². The molecule has 5 heteroatoms. The van der Waals surface area contributed by atoms with E-state index in [0.29, 0.717) is 22.1 Å². The molecule has 0 atom stereocenters. The third-order valence-electron chi connectivity index (χ3n) is 3.44. The van der Waals surface area contributed by atoms with Crippen LogP contribution in [0, 0.1) is 0 Å². The SMILES string of the molecule is CCCc1ccc(NC(=O)c2cc(Cl)c3c(c2)OCO3)cc1. The fourth-order valence-electron chi connectivity index (χ4n) is 2.35. The number of halogens is 1. The number of hydrogen-bond donors (Lipinski definition) is 1. The summed E-state index contributed by atoms with van der Waals surface area (Å²) in [5, 5.41) is 3.23. The molecular formula is C17H16ClNO3. The Hall–Kier alpha value is -2.20. The number of carbonyl (C=O) groups is 1. The van der Waals surface area contributed by atoms with Crippen molar-refractivity contribution in [1.29, 1.82) is 0 Å². The maximum Gasteiger partial charge on any atom is 0.255 e. The lowest BCUT2D eigenvalue weighted by molar-refractivity contribution is 0.102. The van der Waals surface area contributed by atoms with Crippen molar-refractivity contribution >= 4 is 23.2 Å². The zero-order valence-electron chi connectivity index (χ0n) is 12.2. The fourth-order valence-corrected chi connectivity index (χ4v) is 2.61. The Morgan fingerprint density at radius 1 is 1.23 bits per heavy atom. The minimum Gasteiger partial charge on any atom is -0.454 e. The second-order valence-corrected chi connectivity index (χ2v) is 5.50. The van der Waals surface area contributed by atoms with E-state index in [9.17, 15) is 4.79 Å². The van der Waals surface area contributed by atoms with Crippen LogP contribution in [-0.4, -0.2) is 12.7 Å². The normalized spacial score (nSPS) is 12.3. The first kappa shape index (κ1) is 14.7. The number of hydrogen-bond acceptors (Lipinski definition) is 3. The van der Waals surface area contributed by atoms with E-state index in [4.69, 9.17) is 21.1 Å². The quantitative estimate of drug-likeness (QED) is 0.916. The van der Waals surface area contributed by atoms with E-state index < -0.39 is 0 Å². The van der Waals surface area contributed by atoms with Crippen LogP contribution in [0.25, 0.3) is 0 Å². The Labute approximate surface area is 134 Å². The van der Waals surface area contributed by atoms with Gasteiger partial charge in [0.05, 0.1) is 5.02 Å². The number of aryl methyl sites for hydroxylation is 1. The van der Waals surface area contributed by atoms with Crippen LogP contribution in [0.3, 0.4) is 0 Å². The van der Waals surface area contributed by atoms with E-state index in [1.54, 1.807) is 12.1 Å². The molecule has 1 N–H and O–H groups in total. The Kier molecular flexibility index (Phi) is 4.20. The molecule has 1 aliphatic rings. The lowest BCUT2D eigenvalue weighted by Gasteiger charge is -2.08. The van der Waals surface area contributed by atoms with Gasteiger partial charge in [0.1, 0.15) is 0 Å². The van der Waals surface area contributed by atoms with E-state index >= 15 is 0 Å². The molecule has 2 aromatic carbocycles. The highest BCUT2D eigenvalue weighted by Gasteiger charge is 2.20. The molecule has 0 spiro atoms. The molecule has 1 aliphatic heterocycles. The summed E-state index contributed by atoms with van der Waals surface area (Å²) in [7, 11) is 0. The summed E-state index contributed by atoms with van der Waals surface area (Å²) in [5.41, 5.74) is 2.44. The van der Waals surface area contributed by atoms with Crippen LogP contribution in [0.15, 0.2) is 36.4 Å². The first-order chi connectivity index (χ1) is 10.7. The first-order valence-corrected chi connectivity index (χ1v) is 7.54. The molecule has 0 saturated heterocycles. The van der Waals surface area contributed by atoms with Crippen LogP contribution in [0.5, 0.6) is 11.5 Å². The summed E-state index contributed by atoms with van der Waals surface area (Å²) >= 11 is 6.09. The van der Waals surface area contributed by atoms with Crippen molar-refractivity contribution in [2.75, 3.05) is 12.1 Å². The monoisotopic (exact) mass is 317 g/mol. The molecule has 3 rings (SSSR count). The van der Waals surface area contributed by atoms with Gasteiger partial charge < -0.3 is 14.8 Å². The van der Waals surface area contributed by atoms with Gasteiger partial charge in [-0.05, 0) is 36.2 Å². The Morgan fingerprint density at radius 2 is 2.00 bits per heavy atom. The molecule has 0 unspecified atom stereocenters. The van der Waals surface area contributed by atoms with E-state index in [0.717, 1.165) is 18.5 Å². The van der Waals surface area contributed by atoms with Gasteiger partial charge in [-0.15, -0.1) is 0 Å². The highest BCUT2D eigenvalue weighted by Crippen LogP contribution is 2.39. The predicted octanol–water partition coefficient (Wildman–Crippen LogP) is 4.27. The number of anilines is 1. The van der Waals surface area contributed by atoms with Gasteiger partial charge in [0.15, 0.2) is 11.5 Å². The molecule has 0 aromatic heterocycles. The lowest BCUT2D eigenvalue weighted by atomic mass is 10.1. The average molecular weight is 318 g/mol. The highest BCUT2D eigenvalue weighted by molar-refractivity contribution is 6.32. The van der Waals surface area contributed by atoms with Gasteiger partial charge >= 0.3 is 0 Å². The molecule has 0 bridgehead atoms. The first-order valence-electron chi connectivity index (χ1n) is 7.17. The van der Waals surface area contributed by atoms with Crippen LogP contribution >= 0.6 is 11.6 Å². The van der Waals surface area contributed by atoms with Crippen LogP contribution in [0.2, 0.25) is 5.02 Å². The van der Waals surface area contributed by atoms with Crippen molar-refractivity contribution in [3.05, 3.63) is 52.5 Å². The number of ether oxygens (including phenoxy) is 2. The summed E-state index contributed by atoms with van der Waals surface area (Å²) in [4.78, 5) is 12.3. The van der Waals surface area contributed by atoms with Crippen molar-refractivity contribution in [3.63, 3.8) is 0 Å². The summed E-state index contributed by atoms with van der Waals surface area (Å²) in [6, 6.07) is 11.1. The lowest BCUT2D eigenvalue weighted by Crippen LogP contribution is -2.11. The number of amides is 1. The maximum absolute atomic E-state index is 12.3. The molecule has 2 aromatic rings. The molecule has 0 saturated carbocycles. The molecule has 22 heavy (non-hydrogen) atoms. The second kappa shape index (κ2) is 6.28. The van der Waals surface area contributed by atoms with E-state index in [1.807, 2.05) is 24.3 Å². The summed E-state index contributed by atoms with van der Waals surface area (Å²) in [6.45, 7) is 2.26. The molecule has 0 radical (unpaired) electrons. The van der Waals surface area contributed by atoms with Gasteiger partial charge in [-0.1, -0.05) is 37.1 Å². The number of benzene rings is 2. The van der Waals surface area contributed by atoms with E-state index in [-0.39, 0.29) is 12.7 Å². The molecule has 1 amide bonds. The number of carbonyl (C=O) groups excluding carboxylic acids is 1. The molecule has 0 fully saturated rings. The average Bonchev–Trinajstić information content (AvgIpc) is 2.98. The van der Waals surface area contributed by atoms with Crippen LogP contribution < -0.4 is 14.8 Å². The van der Waals surface area contributed by atoms with Crippen molar-refractivity contribution in [2.45, 2.75) is 19.8 Å². The van der Waals surface area contributed by atoms with Crippen molar-refractivity contribution in [3.8, 4) is 11.5 Å². The Morgan fingerprint density at radius 3 is 2.73 bits per heavy atom. The van der Waals surface area contributed by atoms with Crippen molar-refractivity contribution in [1.82, 2.24) is 0 Å². The second-order valence-electron chi connectivity index (χ2n) is 5.09. The highest BCUT2D eigenvalue weighted by atomic mass is 35.5. The summed E-state index contributed by atoms with van der Waals surface area (Å²) in [5.74, 6) is 0.751. The standard InChI is InChI=1S/C17H16ClNO3/c1-2-3-11-4-6-13(7-5-11)19-17(20)12-8-14(18)16-15(9-12)21-10-22-16/h4-9H,2-3,10H2,1H3,(H,19,20). The predicted molar refractivity (Wildman–Crippen MR) is 86.0 cm³/mol. The van der Waals surface area contributed by atoms with Gasteiger partial charge in [-0.25, -0.2) is 0 Å². The minimum absolute atomic E-state index is 0.124. The third-order valence-corrected chi connectivity index (χ3v) is 3.72. The van der Waals surface area contributed by atoms with Crippen LogP contribution in [0.4, 0.5) is 5.69 Å². The number of rotatable bonds is 4. The van der Waals surface area contributed by atoms with Gasteiger partial charge in [0.2, 0.25) is 6.79 Å². The minimum atomic E-state index is -0.233. The molecular weight excluding hydrogens is 302 g/mol. The zero-order valence-corrected chi connectivity index (χ0v) is 12.9. The largest absolute Gasteiger partial charge is 0.454 e. The van der Waals surface area contributed by atoms with Crippen LogP contribution in [-0.2, 0) is 6.42 Å².